The van der Waals surface area contributed by atoms with Crippen LogP contribution >= 0.6 is 11.6 Å². The quantitative estimate of drug-likeness (QED) is 0.775. The van der Waals surface area contributed by atoms with Crippen LogP contribution in [-0.2, 0) is 4.79 Å². The normalized spacial score (nSPS) is 20.2. The molecule has 0 spiro atoms. The van der Waals surface area contributed by atoms with Gasteiger partial charge in [0.1, 0.15) is 0 Å². The molecule has 0 saturated heterocycles. The fraction of sp³-hybridized carbons (Fsp3) is 0.333. The Morgan fingerprint density at radius 3 is 2.75 bits per heavy atom. The lowest BCUT2D eigenvalue weighted by Gasteiger charge is -2.12. The Balaban J connectivity index is 1.95. The molecule has 0 radical (unpaired) electrons. The number of amides is 1. The minimum Gasteiger partial charge on any atom is -0.272 e. The van der Waals surface area contributed by atoms with Gasteiger partial charge < -0.3 is 0 Å². The summed E-state index contributed by atoms with van der Waals surface area (Å²) in [4.78, 5) is 11.8. The molecule has 1 aliphatic heterocycles. The number of hydrazone groups is 1. The van der Waals surface area contributed by atoms with Crippen molar-refractivity contribution in [2.75, 3.05) is 5.01 Å². The van der Waals surface area contributed by atoms with Crippen LogP contribution in [0.1, 0.15) is 19.3 Å². The van der Waals surface area contributed by atoms with Crippen molar-refractivity contribution in [3.63, 3.8) is 0 Å². The average Bonchev–Trinajstić information content (AvgIpc) is 3.04. The Bertz CT molecular complexity index is 480. The van der Waals surface area contributed by atoms with Gasteiger partial charge in [0, 0.05) is 0 Å². The van der Waals surface area contributed by atoms with Crippen molar-refractivity contribution >= 4 is 28.9 Å². The van der Waals surface area contributed by atoms with Crippen molar-refractivity contribution < 1.29 is 4.79 Å². The molecule has 0 atom stereocenters. The van der Waals surface area contributed by atoms with Crippen LogP contribution in [0.25, 0.3) is 0 Å². The largest absolute Gasteiger partial charge is 0.272 e. The second-order valence-corrected chi connectivity index (χ2v) is 4.61. The molecule has 1 saturated carbocycles. The molecule has 4 heteroatoms. The highest BCUT2D eigenvalue weighted by molar-refractivity contribution is 6.34. The third-order valence-corrected chi connectivity index (χ3v) is 3.25. The molecule has 1 amide bonds. The second kappa shape index (κ2) is 3.59. The van der Waals surface area contributed by atoms with E-state index in [0.717, 1.165) is 5.71 Å². The van der Waals surface area contributed by atoms with Crippen LogP contribution in [0.15, 0.2) is 29.4 Å². The molecule has 3 rings (SSSR count). The smallest absolute Gasteiger partial charge is 0.253 e. The molecular formula is C12H11ClN2O. The van der Waals surface area contributed by atoms with E-state index in [1.54, 1.807) is 6.07 Å². The zero-order valence-electron chi connectivity index (χ0n) is 8.69. The molecule has 1 aromatic carbocycles. The van der Waals surface area contributed by atoms with Crippen molar-refractivity contribution in [2.45, 2.75) is 19.3 Å². The van der Waals surface area contributed by atoms with Gasteiger partial charge in [0.25, 0.3) is 5.91 Å². The molecule has 0 N–H and O–H groups in total. The van der Waals surface area contributed by atoms with Gasteiger partial charge >= 0.3 is 0 Å². The minimum atomic E-state index is 0.0231. The van der Waals surface area contributed by atoms with E-state index in [2.05, 4.69) is 5.10 Å². The Morgan fingerprint density at radius 1 is 1.31 bits per heavy atom. The highest BCUT2D eigenvalue weighted by Crippen LogP contribution is 2.36. The number of carbonyl (C=O) groups is 1. The number of hydrogen-bond donors (Lipinski definition) is 0. The number of anilines is 1. The molecule has 1 heterocycles. The van der Waals surface area contributed by atoms with Crippen LogP contribution in [-0.4, -0.2) is 11.6 Å². The highest BCUT2D eigenvalue weighted by Gasteiger charge is 2.35. The third-order valence-electron chi connectivity index (χ3n) is 2.93. The van der Waals surface area contributed by atoms with Gasteiger partial charge in [-0.25, -0.2) is 0 Å². The first-order valence-electron chi connectivity index (χ1n) is 5.40. The van der Waals surface area contributed by atoms with Gasteiger partial charge in [-0.1, -0.05) is 23.7 Å². The van der Waals surface area contributed by atoms with E-state index < -0.39 is 0 Å². The molecule has 1 aromatic rings. The zero-order valence-corrected chi connectivity index (χ0v) is 9.44. The number of rotatable bonds is 2. The molecule has 3 nitrogen and oxygen atoms in total. The first-order valence-corrected chi connectivity index (χ1v) is 5.78. The standard InChI is InChI=1S/C12H11ClN2O/c13-9-3-1-2-4-11(9)15-12(16)7-10(14-15)8-5-6-8/h1-4,8H,5-7H2. The van der Waals surface area contributed by atoms with Crippen LogP contribution in [0.5, 0.6) is 0 Å². The van der Waals surface area contributed by atoms with Crippen LogP contribution in [0.3, 0.4) is 0 Å². The molecule has 2 aliphatic rings. The summed E-state index contributed by atoms with van der Waals surface area (Å²) < 4.78 is 0. The number of benzene rings is 1. The van der Waals surface area contributed by atoms with E-state index in [4.69, 9.17) is 11.6 Å². The Hall–Kier alpha value is -1.35. The maximum Gasteiger partial charge on any atom is 0.253 e. The first kappa shape index (κ1) is 9.85. The summed E-state index contributed by atoms with van der Waals surface area (Å²) in [6, 6.07) is 7.30. The van der Waals surface area contributed by atoms with Gasteiger partial charge in [-0.3, -0.25) is 4.79 Å². The maximum atomic E-state index is 11.8. The number of nitrogens with zero attached hydrogens (tertiary/aromatic N) is 2. The van der Waals surface area contributed by atoms with Crippen molar-refractivity contribution in [2.24, 2.45) is 11.0 Å². The number of halogens is 1. The Morgan fingerprint density at radius 2 is 2.06 bits per heavy atom. The summed E-state index contributed by atoms with van der Waals surface area (Å²) in [6.45, 7) is 0. The molecule has 0 unspecified atom stereocenters. The van der Waals surface area contributed by atoms with Crippen LogP contribution in [0.4, 0.5) is 5.69 Å². The fourth-order valence-electron chi connectivity index (χ4n) is 1.90. The van der Waals surface area contributed by atoms with E-state index in [9.17, 15) is 4.79 Å². The van der Waals surface area contributed by atoms with E-state index in [1.807, 2.05) is 18.2 Å². The fourth-order valence-corrected chi connectivity index (χ4v) is 2.12. The highest BCUT2D eigenvalue weighted by atomic mass is 35.5. The predicted octanol–water partition coefficient (Wildman–Crippen LogP) is 2.84. The Kier molecular flexibility index (Phi) is 2.21. The summed E-state index contributed by atoms with van der Waals surface area (Å²) in [5, 5.41) is 6.38. The lowest BCUT2D eigenvalue weighted by molar-refractivity contribution is -0.116. The first-order chi connectivity index (χ1) is 7.75. The van der Waals surface area contributed by atoms with Crippen molar-refractivity contribution in [1.82, 2.24) is 0 Å². The average molecular weight is 235 g/mol. The monoisotopic (exact) mass is 234 g/mol. The zero-order chi connectivity index (χ0) is 11.1. The number of para-hydroxylation sites is 1. The van der Waals surface area contributed by atoms with Gasteiger partial charge in [-0.2, -0.15) is 10.1 Å². The molecule has 16 heavy (non-hydrogen) atoms. The second-order valence-electron chi connectivity index (χ2n) is 4.20. The summed E-state index contributed by atoms with van der Waals surface area (Å²) in [6.07, 6.45) is 2.79. The molecule has 0 bridgehead atoms. The molecule has 82 valence electrons. The van der Waals surface area contributed by atoms with E-state index in [-0.39, 0.29) is 5.91 Å². The number of hydrogen-bond acceptors (Lipinski definition) is 2. The SMILES string of the molecule is O=C1CC(C2CC2)=NN1c1ccccc1Cl. The number of carbonyl (C=O) groups excluding carboxylic acids is 1. The van der Waals surface area contributed by atoms with Gasteiger partial charge in [-0.05, 0) is 30.9 Å². The molecule has 0 aromatic heterocycles. The molecule has 1 aliphatic carbocycles. The third kappa shape index (κ3) is 1.61. The van der Waals surface area contributed by atoms with Crippen LogP contribution < -0.4 is 5.01 Å². The molecule has 1 fully saturated rings. The maximum absolute atomic E-state index is 11.8. The van der Waals surface area contributed by atoms with Gasteiger partial charge in [0.2, 0.25) is 0 Å². The summed E-state index contributed by atoms with van der Waals surface area (Å²) >= 11 is 6.05. The Labute approximate surface area is 98.7 Å². The van der Waals surface area contributed by atoms with E-state index >= 15 is 0 Å². The lowest BCUT2D eigenvalue weighted by atomic mass is 10.2. The van der Waals surface area contributed by atoms with Crippen LogP contribution in [0, 0.1) is 5.92 Å². The van der Waals surface area contributed by atoms with Crippen LogP contribution in [0.2, 0.25) is 5.02 Å². The molecular weight excluding hydrogens is 224 g/mol. The summed E-state index contributed by atoms with van der Waals surface area (Å²) in [7, 11) is 0. The van der Waals surface area contributed by atoms with E-state index in [1.165, 1.54) is 17.9 Å². The summed E-state index contributed by atoms with van der Waals surface area (Å²) in [5.41, 5.74) is 1.70. The van der Waals surface area contributed by atoms with Gasteiger partial charge in [0.05, 0.1) is 22.8 Å². The van der Waals surface area contributed by atoms with Gasteiger partial charge in [-0.15, -0.1) is 0 Å². The van der Waals surface area contributed by atoms with Crippen molar-refractivity contribution in [3.8, 4) is 0 Å². The predicted molar refractivity (Wildman–Crippen MR) is 63.7 cm³/mol. The lowest BCUT2D eigenvalue weighted by Crippen LogP contribution is -2.19. The van der Waals surface area contributed by atoms with Crippen molar-refractivity contribution in [1.29, 1.82) is 0 Å². The van der Waals surface area contributed by atoms with Crippen molar-refractivity contribution in [3.05, 3.63) is 29.3 Å². The van der Waals surface area contributed by atoms with E-state index in [0.29, 0.717) is 23.0 Å². The topological polar surface area (TPSA) is 32.7 Å². The van der Waals surface area contributed by atoms with Gasteiger partial charge in [0.15, 0.2) is 0 Å². The summed E-state index contributed by atoms with van der Waals surface area (Å²) in [5.74, 6) is 0.562. The minimum absolute atomic E-state index is 0.0231.